The molecule has 0 amide bonds. The molecule has 0 aliphatic rings. The maximum absolute atomic E-state index is 11.5. The van der Waals surface area contributed by atoms with Crippen molar-refractivity contribution in [2.45, 2.75) is 5.75 Å². The number of carbonyl (C=O) groups excluding carboxylic acids is 1. The van der Waals surface area contributed by atoms with Gasteiger partial charge in [0, 0.05) is 27.0 Å². The first-order valence-corrected chi connectivity index (χ1v) is 9.80. The fraction of sp³-hybridized carbons (Fsp3) is 0.200. The van der Waals surface area contributed by atoms with Crippen LogP contribution in [0.25, 0.3) is 0 Å². The molecule has 0 aliphatic heterocycles. The molecule has 0 aromatic heterocycles. The molecular weight excluding hydrogens is 484 g/mol. The van der Waals surface area contributed by atoms with Crippen LogP contribution in [0.15, 0.2) is 27.5 Å². The molecule has 0 N–H and O–H groups in total. The summed E-state index contributed by atoms with van der Waals surface area (Å²) in [6.07, 6.45) is 0. The third-order valence-corrected chi connectivity index (χ3v) is 6.81. The SMILES string of the molecule is COC(=O)c1ccccc1CS/C(=N/I)SI. The molecule has 1 rings (SSSR count). The van der Waals surface area contributed by atoms with Crippen LogP contribution in [-0.4, -0.2) is 17.5 Å². The standard InChI is InChI=1S/C10H9I2NO2S2/c1-15-9(14)8-5-3-2-4-7(8)6-16-10(13-11)17-12/h2-5H,6H2,1H3/b13-10-. The van der Waals surface area contributed by atoms with Gasteiger partial charge in [0.25, 0.3) is 0 Å². The van der Waals surface area contributed by atoms with Crippen molar-refractivity contribution in [2.24, 2.45) is 3.21 Å². The van der Waals surface area contributed by atoms with Crippen LogP contribution in [0.1, 0.15) is 15.9 Å². The van der Waals surface area contributed by atoms with E-state index in [4.69, 9.17) is 4.74 Å². The first-order chi connectivity index (χ1) is 8.22. The maximum atomic E-state index is 11.5. The minimum atomic E-state index is -0.295. The highest BCUT2D eigenvalue weighted by molar-refractivity contribution is 14.2. The number of benzene rings is 1. The predicted molar refractivity (Wildman–Crippen MR) is 92.1 cm³/mol. The molecule has 0 fully saturated rings. The average Bonchev–Trinajstić information content (AvgIpc) is 2.39. The largest absolute Gasteiger partial charge is 0.465 e. The molecule has 1 aromatic carbocycles. The van der Waals surface area contributed by atoms with Crippen molar-refractivity contribution in [3.63, 3.8) is 0 Å². The lowest BCUT2D eigenvalue weighted by Gasteiger charge is -2.07. The third-order valence-electron chi connectivity index (χ3n) is 1.91. The van der Waals surface area contributed by atoms with Gasteiger partial charge < -0.3 is 4.74 Å². The van der Waals surface area contributed by atoms with E-state index < -0.39 is 0 Å². The van der Waals surface area contributed by atoms with Crippen LogP contribution in [0.4, 0.5) is 0 Å². The number of hydrogen-bond donors (Lipinski definition) is 0. The van der Waals surface area contributed by atoms with Gasteiger partial charge in [0.15, 0.2) is 0 Å². The number of halogens is 2. The van der Waals surface area contributed by atoms with Crippen molar-refractivity contribution < 1.29 is 9.53 Å². The predicted octanol–water partition coefficient (Wildman–Crippen LogP) is 4.50. The Hall–Kier alpha value is 0.520. The Balaban J connectivity index is 2.80. The fourth-order valence-electron chi connectivity index (χ4n) is 1.15. The minimum Gasteiger partial charge on any atom is -0.465 e. The zero-order valence-corrected chi connectivity index (χ0v) is 14.8. The van der Waals surface area contributed by atoms with E-state index in [0.717, 1.165) is 9.94 Å². The smallest absolute Gasteiger partial charge is 0.338 e. The number of methoxy groups -OCH3 is 1. The number of ether oxygens (including phenoxy) is 1. The van der Waals surface area contributed by atoms with Gasteiger partial charge in [-0.15, -0.1) is 0 Å². The summed E-state index contributed by atoms with van der Waals surface area (Å²) in [5, 5.41) is 0. The molecule has 0 heterocycles. The summed E-state index contributed by atoms with van der Waals surface area (Å²) < 4.78 is 9.83. The molecule has 0 aliphatic carbocycles. The number of carbonyl (C=O) groups is 1. The molecular formula is C10H9I2NO2S2. The highest BCUT2D eigenvalue weighted by Crippen LogP contribution is 2.28. The molecule has 7 heteroatoms. The van der Waals surface area contributed by atoms with Gasteiger partial charge in [-0.2, -0.15) is 0 Å². The van der Waals surface area contributed by atoms with Gasteiger partial charge in [-0.25, -0.2) is 8.00 Å². The summed E-state index contributed by atoms with van der Waals surface area (Å²) in [7, 11) is 2.96. The molecule has 0 saturated heterocycles. The summed E-state index contributed by atoms with van der Waals surface area (Å²) >= 11 is 5.77. The van der Waals surface area contributed by atoms with Gasteiger partial charge in [0.05, 0.1) is 35.5 Å². The lowest BCUT2D eigenvalue weighted by molar-refractivity contribution is 0.0600. The Morgan fingerprint density at radius 1 is 1.47 bits per heavy atom. The van der Waals surface area contributed by atoms with Gasteiger partial charge >= 0.3 is 5.97 Å². The summed E-state index contributed by atoms with van der Waals surface area (Å²) in [4.78, 5) is 11.5. The maximum Gasteiger partial charge on any atom is 0.338 e. The summed E-state index contributed by atoms with van der Waals surface area (Å²) in [6.45, 7) is 0. The van der Waals surface area contributed by atoms with Crippen molar-refractivity contribution in [1.82, 2.24) is 0 Å². The van der Waals surface area contributed by atoms with E-state index in [1.807, 2.05) is 41.1 Å². The second kappa shape index (κ2) is 8.59. The molecule has 92 valence electrons. The number of esters is 1. The number of thioether (sulfide) groups is 1. The van der Waals surface area contributed by atoms with Crippen LogP contribution in [0.5, 0.6) is 0 Å². The summed E-state index contributed by atoms with van der Waals surface area (Å²) in [6, 6.07) is 7.46. The van der Waals surface area contributed by atoms with Crippen molar-refractivity contribution in [1.29, 1.82) is 0 Å². The highest BCUT2D eigenvalue weighted by Gasteiger charge is 2.11. The van der Waals surface area contributed by atoms with E-state index in [2.05, 4.69) is 24.4 Å². The molecule has 17 heavy (non-hydrogen) atoms. The first kappa shape index (κ1) is 15.6. The molecule has 0 spiro atoms. The van der Waals surface area contributed by atoms with Crippen LogP contribution >= 0.6 is 64.8 Å². The van der Waals surface area contributed by atoms with Crippen molar-refractivity contribution in [2.75, 3.05) is 7.11 Å². The Bertz CT molecular complexity index is 427. The van der Waals surface area contributed by atoms with Gasteiger partial charge in [-0.3, -0.25) is 0 Å². The normalized spacial score (nSPS) is 11.4. The number of nitrogens with zero attached hydrogens (tertiary/aromatic N) is 1. The Kier molecular flexibility index (Phi) is 7.87. The van der Waals surface area contributed by atoms with Crippen LogP contribution in [0.3, 0.4) is 0 Å². The van der Waals surface area contributed by atoms with Crippen molar-refractivity contribution >= 4 is 75.1 Å². The summed E-state index contributed by atoms with van der Waals surface area (Å²) in [5.74, 6) is 0.416. The number of hydrogen-bond acceptors (Lipinski definition) is 5. The molecule has 3 nitrogen and oxygen atoms in total. The van der Waals surface area contributed by atoms with Crippen LogP contribution in [-0.2, 0) is 10.5 Å². The van der Waals surface area contributed by atoms with Crippen LogP contribution in [0.2, 0.25) is 0 Å². The molecule has 1 aromatic rings. The zero-order chi connectivity index (χ0) is 12.7. The molecule has 0 saturated carbocycles. The minimum absolute atomic E-state index is 0.295. The quantitative estimate of drug-likeness (QED) is 0.269. The van der Waals surface area contributed by atoms with E-state index in [1.54, 1.807) is 26.8 Å². The monoisotopic (exact) mass is 493 g/mol. The van der Waals surface area contributed by atoms with Crippen LogP contribution in [0, 0.1) is 0 Å². The van der Waals surface area contributed by atoms with E-state index in [9.17, 15) is 4.79 Å². The average molecular weight is 493 g/mol. The topological polar surface area (TPSA) is 38.7 Å². The number of rotatable bonds is 3. The lowest BCUT2D eigenvalue weighted by atomic mass is 10.1. The van der Waals surface area contributed by atoms with Gasteiger partial charge in [0.1, 0.15) is 4.38 Å². The second-order valence-electron chi connectivity index (χ2n) is 2.86. The zero-order valence-electron chi connectivity index (χ0n) is 8.85. The molecule has 0 radical (unpaired) electrons. The van der Waals surface area contributed by atoms with Gasteiger partial charge in [-0.05, 0) is 20.6 Å². The van der Waals surface area contributed by atoms with E-state index in [-0.39, 0.29) is 5.97 Å². The Labute approximate surface area is 135 Å². The van der Waals surface area contributed by atoms with Crippen molar-refractivity contribution in [3.05, 3.63) is 35.4 Å². The van der Waals surface area contributed by atoms with Gasteiger partial charge in [0.2, 0.25) is 0 Å². The molecule has 0 unspecified atom stereocenters. The lowest BCUT2D eigenvalue weighted by Crippen LogP contribution is -2.05. The fourth-order valence-corrected chi connectivity index (χ4v) is 5.40. The Morgan fingerprint density at radius 2 is 2.18 bits per heavy atom. The van der Waals surface area contributed by atoms with E-state index in [0.29, 0.717) is 11.3 Å². The molecule has 0 bridgehead atoms. The van der Waals surface area contributed by atoms with E-state index >= 15 is 0 Å². The van der Waals surface area contributed by atoms with Crippen LogP contribution < -0.4 is 0 Å². The van der Waals surface area contributed by atoms with Crippen molar-refractivity contribution in [3.8, 4) is 0 Å². The Morgan fingerprint density at radius 3 is 2.76 bits per heavy atom. The molecule has 0 atom stereocenters. The van der Waals surface area contributed by atoms with E-state index in [1.165, 1.54) is 7.11 Å². The third kappa shape index (κ3) is 4.95. The first-order valence-electron chi connectivity index (χ1n) is 4.49. The van der Waals surface area contributed by atoms with Gasteiger partial charge in [-0.1, -0.05) is 30.0 Å². The second-order valence-corrected chi connectivity index (χ2v) is 6.43. The summed E-state index contributed by atoms with van der Waals surface area (Å²) in [5.41, 5.74) is 1.58. The highest BCUT2D eigenvalue weighted by atomic mass is 127.